The fourth-order valence-electron chi connectivity index (χ4n) is 2.54. The van der Waals surface area contributed by atoms with Gasteiger partial charge in [-0.25, -0.2) is 0 Å². The normalized spacial score (nSPS) is 12.7. The third-order valence-electron chi connectivity index (χ3n) is 3.67. The lowest BCUT2D eigenvalue weighted by molar-refractivity contribution is 0.156. The average Bonchev–Trinajstić information content (AvgIpc) is 2.86. The highest BCUT2D eigenvalue weighted by atomic mass is 35.5. The van der Waals surface area contributed by atoms with Crippen LogP contribution >= 0.6 is 11.6 Å². The first-order valence-corrected chi connectivity index (χ1v) is 7.34. The summed E-state index contributed by atoms with van der Waals surface area (Å²) in [6.45, 7) is 4.02. The Bertz CT molecular complexity index is 881. The van der Waals surface area contributed by atoms with Gasteiger partial charge in [0.25, 0.3) is 5.56 Å². The van der Waals surface area contributed by atoms with Crippen molar-refractivity contribution < 1.29 is 5.11 Å². The molecule has 0 saturated heterocycles. The fourth-order valence-corrected chi connectivity index (χ4v) is 2.67. The van der Waals surface area contributed by atoms with E-state index >= 15 is 0 Å². The van der Waals surface area contributed by atoms with Crippen LogP contribution in [0.25, 0.3) is 5.65 Å². The van der Waals surface area contributed by atoms with Crippen LogP contribution in [-0.4, -0.2) is 19.3 Å². The van der Waals surface area contributed by atoms with Crippen LogP contribution in [0.1, 0.15) is 23.1 Å². The fraction of sp³-hybridized carbons (Fsp3) is 0.250. The second kappa shape index (κ2) is 5.59. The van der Waals surface area contributed by atoms with E-state index in [1.165, 1.54) is 10.6 Å². The van der Waals surface area contributed by atoms with Gasteiger partial charge < -0.3 is 9.67 Å². The van der Waals surface area contributed by atoms with E-state index in [9.17, 15) is 9.90 Å². The molecule has 0 aliphatic heterocycles. The zero-order chi connectivity index (χ0) is 15.9. The van der Waals surface area contributed by atoms with Crippen LogP contribution in [0, 0.1) is 13.8 Å². The van der Waals surface area contributed by atoms with Crippen LogP contribution < -0.4 is 5.56 Å². The predicted molar refractivity (Wildman–Crippen MR) is 85.3 cm³/mol. The van der Waals surface area contributed by atoms with E-state index in [0.29, 0.717) is 17.2 Å². The Kier molecular flexibility index (Phi) is 3.76. The number of aliphatic hydroxyl groups excluding tert-OH is 1. The lowest BCUT2D eigenvalue weighted by Gasteiger charge is -2.17. The number of aliphatic hydroxyl groups is 1. The van der Waals surface area contributed by atoms with Crippen molar-refractivity contribution in [2.75, 3.05) is 0 Å². The van der Waals surface area contributed by atoms with Crippen molar-refractivity contribution in [1.82, 2.24) is 14.2 Å². The molecule has 0 fully saturated rings. The third-order valence-corrected chi connectivity index (χ3v) is 3.92. The van der Waals surface area contributed by atoms with E-state index in [1.807, 2.05) is 24.5 Å². The summed E-state index contributed by atoms with van der Waals surface area (Å²) in [4.78, 5) is 12.0. The maximum Gasteiger partial charge on any atom is 0.274 e. The summed E-state index contributed by atoms with van der Waals surface area (Å²) in [6, 6.07) is 10.4. The minimum absolute atomic E-state index is 0.169. The van der Waals surface area contributed by atoms with E-state index in [-0.39, 0.29) is 5.56 Å². The van der Waals surface area contributed by atoms with Crippen molar-refractivity contribution in [3.05, 3.63) is 68.7 Å². The molecular weight excluding hydrogens is 302 g/mol. The molecular formula is C16H16ClN3O2. The van der Waals surface area contributed by atoms with Gasteiger partial charge in [-0.05, 0) is 31.5 Å². The van der Waals surface area contributed by atoms with E-state index < -0.39 is 6.10 Å². The number of benzene rings is 1. The van der Waals surface area contributed by atoms with Gasteiger partial charge in [0, 0.05) is 22.8 Å². The largest absolute Gasteiger partial charge is 0.387 e. The van der Waals surface area contributed by atoms with Crippen molar-refractivity contribution >= 4 is 17.2 Å². The van der Waals surface area contributed by atoms with Crippen molar-refractivity contribution in [3.63, 3.8) is 0 Å². The first-order chi connectivity index (χ1) is 10.5. The van der Waals surface area contributed by atoms with Gasteiger partial charge in [-0.15, -0.1) is 0 Å². The molecule has 3 aromatic rings. The molecule has 0 bridgehead atoms. The molecule has 22 heavy (non-hydrogen) atoms. The first kappa shape index (κ1) is 14.8. The van der Waals surface area contributed by atoms with Crippen LogP contribution in [0.2, 0.25) is 5.02 Å². The molecule has 2 aromatic heterocycles. The molecule has 3 rings (SSSR count). The van der Waals surface area contributed by atoms with Crippen molar-refractivity contribution in [2.24, 2.45) is 0 Å². The van der Waals surface area contributed by atoms with Gasteiger partial charge >= 0.3 is 0 Å². The smallest absolute Gasteiger partial charge is 0.274 e. The highest BCUT2D eigenvalue weighted by Crippen LogP contribution is 2.20. The number of fused-ring (bicyclic) bond motifs is 1. The summed E-state index contributed by atoms with van der Waals surface area (Å²) >= 11 is 5.87. The number of aromatic nitrogens is 3. The molecule has 0 unspecified atom stereocenters. The van der Waals surface area contributed by atoms with Gasteiger partial charge in [0.15, 0.2) is 0 Å². The van der Waals surface area contributed by atoms with Crippen LogP contribution in [0.3, 0.4) is 0 Å². The van der Waals surface area contributed by atoms with E-state index in [2.05, 4.69) is 5.10 Å². The number of hydrogen-bond donors (Lipinski definition) is 1. The number of halogens is 1. The highest BCUT2D eigenvalue weighted by Gasteiger charge is 2.14. The lowest BCUT2D eigenvalue weighted by atomic mass is 10.1. The standard InChI is InChI=1S/C16H16ClN3O2/c1-10-7-15-19(11(2)8-16(22)20(15)18-10)9-14(21)12-3-5-13(17)6-4-12/h3-8,14,21H,9H2,1-2H3/t14-/m0/s1. The minimum Gasteiger partial charge on any atom is -0.387 e. The Morgan fingerprint density at radius 2 is 1.91 bits per heavy atom. The Morgan fingerprint density at radius 1 is 1.23 bits per heavy atom. The topological polar surface area (TPSA) is 59.5 Å². The molecule has 1 N–H and O–H groups in total. The maximum atomic E-state index is 12.0. The predicted octanol–water partition coefficient (Wildman–Crippen LogP) is 2.50. The second-order valence-corrected chi connectivity index (χ2v) is 5.79. The molecule has 1 aromatic carbocycles. The van der Waals surface area contributed by atoms with E-state index in [0.717, 1.165) is 17.0 Å². The molecule has 0 radical (unpaired) electrons. The van der Waals surface area contributed by atoms with Crippen molar-refractivity contribution in [2.45, 2.75) is 26.5 Å². The molecule has 0 aliphatic rings. The molecule has 0 spiro atoms. The van der Waals surface area contributed by atoms with Crippen LogP contribution in [0.5, 0.6) is 0 Å². The quantitative estimate of drug-likeness (QED) is 0.807. The summed E-state index contributed by atoms with van der Waals surface area (Å²) in [6.07, 6.45) is -0.697. The summed E-state index contributed by atoms with van der Waals surface area (Å²) in [5.41, 5.74) is 2.83. The molecule has 0 saturated carbocycles. The van der Waals surface area contributed by atoms with Crippen LogP contribution in [0.4, 0.5) is 0 Å². The summed E-state index contributed by atoms with van der Waals surface area (Å²) < 4.78 is 3.25. The molecule has 5 nitrogen and oxygen atoms in total. The molecule has 2 heterocycles. The van der Waals surface area contributed by atoms with E-state index in [1.54, 1.807) is 24.3 Å². The SMILES string of the molecule is Cc1cc2n(C[C@H](O)c3ccc(Cl)cc3)c(C)cc(=O)n2n1. The van der Waals surface area contributed by atoms with Gasteiger partial charge in [0.05, 0.1) is 18.3 Å². The van der Waals surface area contributed by atoms with Gasteiger partial charge in [-0.3, -0.25) is 4.79 Å². The Hall–Kier alpha value is -2.11. The summed E-state index contributed by atoms with van der Waals surface area (Å²) in [5.74, 6) is 0. The Balaban J connectivity index is 2.03. The lowest BCUT2D eigenvalue weighted by Crippen LogP contribution is -2.21. The van der Waals surface area contributed by atoms with Crippen molar-refractivity contribution in [3.8, 4) is 0 Å². The van der Waals surface area contributed by atoms with Crippen LogP contribution in [-0.2, 0) is 6.54 Å². The number of rotatable bonds is 3. The molecule has 1 atom stereocenters. The first-order valence-electron chi connectivity index (χ1n) is 6.96. The van der Waals surface area contributed by atoms with E-state index in [4.69, 9.17) is 11.6 Å². The van der Waals surface area contributed by atoms with Gasteiger partial charge in [-0.2, -0.15) is 9.61 Å². The van der Waals surface area contributed by atoms with Gasteiger partial charge in [-0.1, -0.05) is 23.7 Å². The number of hydrogen-bond acceptors (Lipinski definition) is 3. The number of nitrogens with zero attached hydrogens (tertiary/aromatic N) is 3. The summed E-state index contributed by atoms with van der Waals surface area (Å²) in [7, 11) is 0. The molecule has 0 aliphatic carbocycles. The second-order valence-electron chi connectivity index (χ2n) is 5.36. The molecule has 114 valence electrons. The van der Waals surface area contributed by atoms with Crippen molar-refractivity contribution in [1.29, 1.82) is 0 Å². The Morgan fingerprint density at radius 3 is 2.59 bits per heavy atom. The maximum absolute atomic E-state index is 12.0. The zero-order valence-corrected chi connectivity index (χ0v) is 13.1. The van der Waals surface area contributed by atoms with Gasteiger partial charge in [0.2, 0.25) is 0 Å². The molecule has 6 heteroatoms. The summed E-state index contributed by atoms with van der Waals surface area (Å²) in [5, 5.41) is 15.3. The Labute approximate surface area is 132 Å². The monoisotopic (exact) mass is 317 g/mol. The number of aryl methyl sites for hydroxylation is 2. The molecule has 0 amide bonds. The zero-order valence-electron chi connectivity index (χ0n) is 12.3. The van der Waals surface area contributed by atoms with Crippen LogP contribution in [0.15, 0.2) is 41.2 Å². The highest BCUT2D eigenvalue weighted by molar-refractivity contribution is 6.30. The average molecular weight is 318 g/mol. The van der Waals surface area contributed by atoms with Gasteiger partial charge in [0.1, 0.15) is 5.65 Å². The minimum atomic E-state index is -0.697. The third kappa shape index (κ3) is 2.65.